The third-order valence-electron chi connectivity index (χ3n) is 3.64. The first-order valence-corrected chi connectivity index (χ1v) is 9.89. The summed E-state index contributed by atoms with van der Waals surface area (Å²) in [6, 6.07) is 10.2. The van der Waals surface area contributed by atoms with Crippen molar-refractivity contribution in [1.82, 2.24) is 0 Å². The van der Waals surface area contributed by atoms with Gasteiger partial charge in [-0.2, -0.15) is 0 Å². The summed E-state index contributed by atoms with van der Waals surface area (Å²) in [6.07, 6.45) is 2.82. The first-order chi connectivity index (χ1) is 12.7. The van der Waals surface area contributed by atoms with Crippen molar-refractivity contribution >= 4 is 21.7 Å². The van der Waals surface area contributed by atoms with Crippen molar-refractivity contribution in [1.29, 1.82) is 0 Å². The molecule has 27 heavy (non-hydrogen) atoms. The number of aliphatic hydroxyl groups excluding tert-OH is 1. The maximum atomic E-state index is 11.0. The Kier molecular flexibility index (Phi) is 7.28. The number of pyridine rings is 1. The Bertz CT molecular complexity index is 850. The molecule has 1 amide bonds. The van der Waals surface area contributed by atoms with E-state index in [9.17, 15) is 22.9 Å². The van der Waals surface area contributed by atoms with Crippen LogP contribution < -0.4 is 14.6 Å². The molecule has 1 aromatic heterocycles. The maximum absolute atomic E-state index is 11.0. The van der Waals surface area contributed by atoms with Gasteiger partial charge in [0.1, 0.15) is 18.5 Å². The number of hydrogen-bond acceptors (Lipinski definition) is 6. The number of rotatable bonds is 9. The van der Waals surface area contributed by atoms with Crippen LogP contribution in [0.5, 0.6) is 5.75 Å². The van der Waals surface area contributed by atoms with E-state index in [0.717, 1.165) is 5.56 Å². The largest absolute Gasteiger partial charge is 0.748 e. The van der Waals surface area contributed by atoms with Crippen LogP contribution >= 0.6 is 0 Å². The van der Waals surface area contributed by atoms with E-state index in [1.807, 2.05) is 0 Å². The number of aromatic nitrogens is 1. The third kappa shape index (κ3) is 8.16. The Morgan fingerprint density at radius 1 is 1.22 bits per heavy atom. The summed E-state index contributed by atoms with van der Waals surface area (Å²) in [6.45, 7) is 1.81. The van der Waals surface area contributed by atoms with Gasteiger partial charge >= 0.3 is 0 Å². The van der Waals surface area contributed by atoms with Gasteiger partial charge in [-0.05, 0) is 36.2 Å². The van der Waals surface area contributed by atoms with Gasteiger partial charge in [0.25, 0.3) is 0 Å². The molecule has 9 heteroatoms. The van der Waals surface area contributed by atoms with Crippen LogP contribution in [0.1, 0.15) is 12.5 Å². The number of nitrogens with one attached hydrogen (secondary N) is 1. The number of aliphatic hydroxyl groups is 1. The second-order valence-corrected chi connectivity index (χ2v) is 7.61. The summed E-state index contributed by atoms with van der Waals surface area (Å²) in [4.78, 5) is 11.0. The standard InChI is InChI=1S/C18H22N2O6S/c1-14(21)19-16-2-4-18(5-3-16)26-13-17(22)12-20-9-6-15(7-10-20)8-11-27(23,24)25/h2-7,9-10,17,22H,8,11-13H2,1H3,(H-,19,21,23,24,25). The number of hydrogen-bond donors (Lipinski definition) is 2. The lowest BCUT2D eigenvalue weighted by Gasteiger charge is -2.11. The minimum atomic E-state index is -4.23. The molecule has 2 aromatic rings. The van der Waals surface area contributed by atoms with E-state index in [1.165, 1.54) is 6.92 Å². The number of amides is 1. The molecule has 0 spiro atoms. The Labute approximate surface area is 158 Å². The molecule has 8 nitrogen and oxygen atoms in total. The zero-order valence-electron chi connectivity index (χ0n) is 14.9. The van der Waals surface area contributed by atoms with Crippen LogP contribution in [0.3, 0.4) is 0 Å². The third-order valence-corrected chi connectivity index (χ3v) is 4.34. The van der Waals surface area contributed by atoms with Gasteiger partial charge in [0.2, 0.25) is 5.91 Å². The lowest BCUT2D eigenvalue weighted by molar-refractivity contribution is -0.703. The first-order valence-electron chi connectivity index (χ1n) is 8.31. The van der Waals surface area contributed by atoms with Gasteiger partial charge in [0, 0.05) is 30.5 Å². The van der Waals surface area contributed by atoms with Crippen molar-refractivity contribution in [3.8, 4) is 5.75 Å². The van der Waals surface area contributed by atoms with E-state index >= 15 is 0 Å². The summed E-state index contributed by atoms with van der Waals surface area (Å²) in [5.74, 6) is -0.0205. The van der Waals surface area contributed by atoms with Gasteiger partial charge in [-0.1, -0.05) is 0 Å². The van der Waals surface area contributed by atoms with Crippen molar-refractivity contribution in [3.63, 3.8) is 0 Å². The highest BCUT2D eigenvalue weighted by Gasteiger charge is 2.12. The normalized spacial score (nSPS) is 12.4. The molecule has 1 heterocycles. The molecule has 0 radical (unpaired) electrons. The van der Waals surface area contributed by atoms with E-state index in [-0.39, 0.29) is 18.9 Å². The van der Waals surface area contributed by atoms with Crippen molar-refractivity contribution in [2.75, 3.05) is 17.7 Å². The van der Waals surface area contributed by atoms with Gasteiger partial charge in [-0.15, -0.1) is 0 Å². The monoisotopic (exact) mass is 394 g/mol. The van der Waals surface area contributed by atoms with Gasteiger partial charge < -0.3 is 19.7 Å². The molecular weight excluding hydrogens is 372 g/mol. The Hall–Kier alpha value is -2.49. The fourth-order valence-electron chi connectivity index (χ4n) is 2.35. The van der Waals surface area contributed by atoms with Gasteiger partial charge in [-0.3, -0.25) is 4.79 Å². The van der Waals surface area contributed by atoms with Crippen LogP contribution in [0, 0.1) is 0 Å². The molecule has 146 valence electrons. The highest BCUT2D eigenvalue weighted by molar-refractivity contribution is 7.85. The summed E-state index contributed by atoms with van der Waals surface area (Å²) in [7, 11) is -4.23. The molecule has 0 saturated heterocycles. The molecule has 0 fully saturated rings. The van der Waals surface area contributed by atoms with E-state index in [1.54, 1.807) is 53.4 Å². The van der Waals surface area contributed by atoms with Crippen molar-refractivity contribution in [2.45, 2.75) is 26.0 Å². The second kappa shape index (κ2) is 9.45. The second-order valence-electron chi connectivity index (χ2n) is 6.09. The van der Waals surface area contributed by atoms with Crippen molar-refractivity contribution in [2.24, 2.45) is 0 Å². The quantitative estimate of drug-likeness (QED) is 0.471. The van der Waals surface area contributed by atoms with Gasteiger partial charge in [-0.25, -0.2) is 13.0 Å². The van der Waals surface area contributed by atoms with Crippen molar-refractivity contribution < 1.29 is 32.2 Å². The zero-order chi connectivity index (χ0) is 19.9. The minimum Gasteiger partial charge on any atom is -0.748 e. The number of aryl methyl sites for hydroxylation is 1. The Morgan fingerprint density at radius 3 is 2.41 bits per heavy atom. The fourth-order valence-corrected chi connectivity index (χ4v) is 2.83. The minimum absolute atomic E-state index is 0.0860. The van der Waals surface area contributed by atoms with Gasteiger partial charge in [0.15, 0.2) is 18.9 Å². The van der Waals surface area contributed by atoms with Crippen LogP contribution in [-0.4, -0.2) is 42.4 Å². The van der Waals surface area contributed by atoms with E-state index < -0.39 is 22.0 Å². The predicted molar refractivity (Wildman–Crippen MR) is 97.2 cm³/mol. The van der Waals surface area contributed by atoms with Crippen LogP contribution in [-0.2, 0) is 27.9 Å². The summed E-state index contributed by atoms with van der Waals surface area (Å²) >= 11 is 0. The summed E-state index contributed by atoms with van der Waals surface area (Å²) in [5, 5.41) is 12.7. The molecule has 0 aliphatic heterocycles. The molecule has 0 bridgehead atoms. The predicted octanol–water partition coefficient (Wildman–Crippen LogP) is 0.460. The van der Waals surface area contributed by atoms with Crippen LogP contribution in [0.15, 0.2) is 48.8 Å². The SMILES string of the molecule is CC(=O)Nc1ccc(OCC(O)C[n+]2ccc(CCS(=O)(=O)[O-])cc2)cc1. The first kappa shape index (κ1) is 20.8. The van der Waals surface area contributed by atoms with E-state index in [2.05, 4.69) is 5.32 Å². The Morgan fingerprint density at radius 2 is 1.85 bits per heavy atom. The fraction of sp³-hybridized carbons (Fsp3) is 0.333. The Balaban J connectivity index is 1.79. The number of benzene rings is 1. The number of ether oxygens (including phenoxy) is 1. The van der Waals surface area contributed by atoms with Gasteiger partial charge in [0.05, 0.1) is 10.1 Å². The highest BCUT2D eigenvalue weighted by Crippen LogP contribution is 2.15. The lowest BCUT2D eigenvalue weighted by atomic mass is 10.2. The molecule has 0 aliphatic rings. The average Bonchev–Trinajstić information content (AvgIpc) is 2.59. The summed E-state index contributed by atoms with van der Waals surface area (Å²) < 4.78 is 39.2. The van der Waals surface area contributed by atoms with E-state index in [4.69, 9.17) is 4.74 Å². The maximum Gasteiger partial charge on any atom is 0.221 e. The lowest BCUT2D eigenvalue weighted by Crippen LogP contribution is -2.41. The smallest absolute Gasteiger partial charge is 0.221 e. The molecule has 1 atom stereocenters. The average molecular weight is 394 g/mol. The molecule has 0 aliphatic carbocycles. The molecule has 2 rings (SSSR count). The summed E-state index contributed by atoms with van der Waals surface area (Å²) in [5.41, 5.74) is 1.39. The zero-order valence-corrected chi connectivity index (χ0v) is 15.7. The molecule has 2 N–H and O–H groups in total. The number of carbonyl (C=O) groups excluding carboxylic acids is 1. The molecule has 1 unspecified atom stereocenters. The van der Waals surface area contributed by atoms with Crippen molar-refractivity contribution in [3.05, 3.63) is 54.4 Å². The molecule has 0 saturated carbocycles. The van der Waals surface area contributed by atoms with E-state index in [0.29, 0.717) is 18.0 Å². The number of anilines is 1. The van der Waals surface area contributed by atoms with Crippen LogP contribution in [0.25, 0.3) is 0 Å². The number of nitrogens with zero attached hydrogens (tertiary/aromatic N) is 1. The number of carbonyl (C=O) groups is 1. The highest BCUT2D eigenvalue weighted by atomic mass is 32.2. The molecular formula is C18H22N2O6S. The van der Waals surface area contributed by atoms with Crippen LogP contribution in [0.2, 0.25) is 0 Å². The topological polar surface area (TPSA) is 120 Å². The molecule has 1 aromatic carbocycles. The van der Waals surface area contributed by atoms with Crippen LogP contribution in [0.4, 0.5) is 5.69 Å².